The molecule has 1 N–H and O–H groups in total. The van der Waals surface area contributed by atoms with Crippen LogP contribution in [-0.2, 0) is 19.6 Å². The van der Waals surface area contributed by atoms with Gasteiger partial charge >= 0.3 is 0 Å². The zero-order chi connectivity index (χ0) is 19.8. The van der Waals surface area contributed by atoms with Crippen LogP contribution in [0.5, 0.6) is 11.5 Å². The predicted molar refractivity (Wildman–Crippen MR) is 108 cm³/mol. The molecule has 2 aromatic carbocycles. The smallest absolute Gasteiger partial charge is 0.161 e. The lowest BCUT2D eigenvalue weighted by Gasteiger charge is -2.13. The Morgan fingerprint density at radius 2 is 1.69 bits per heavy atom. The minimum absolute atomic E-state index is 0. The number of benzene rings is 2. The van der Waals surface area contributed by atoms with Gasteiger partial charge in [0.05, 0.1) is 7.11 Å². The van der Waals surface area contributed by atoms with Gasteiger partial charge in [-0.15, -0.1) is 0 Å². The fourth-order valence-electron chi connectivity index (χ4n) is 2.71. The second-order valence-corrected chi connectivity index (χ2v) is 6.70. The van der Waals surface area contributed by atoms with Gasteiger partial charge in [0.15, 0.2) is 11.5 Å². The van der Waals surface area contributed by atoms with Crippen LogP contribution in [0.25, 0.3) is 0 Å². The number of aromatic nitrogens is 1. The van der Waals surface area contributed by atoms with Crippen LogP contribution in [0.1, 0.15) is 16.7 Å². The summed E-state index contributed by atoms with van der Waals surface area (Å²) in [6, 6.07) is 16.1. The summed E-state index contributed by atoms with van der Waals surface area (Å²) >= 11 is 5.79. The number of hydrogen-bond donors (Lipinski definition) is 1. The Hall–Kier alpha value is -2.34. The summed E-state index contributed by atoms with van der Waals surface area (Å²) in [5, 5.41) is 3.84. The van der Waals surface area contributed by atoms with Crippen LogP contribution in [0, 0.1) is 5.82 Å². The molecule has 3 aromatic rings. The standard InChI is InChI=1S/C22H22ClFN2O2.ClH/c1-27-21-12-17(13-25-11-10-16-2-6-19(24)7-3-16)4-8-20(21)28-15-18-5-9-22(23)26-14-18;/h2-9,12,14,25H,10-11,13,15H2,1H3;1H/p-1. The van der Waals surface area contributed by atoms with Crippen molar-refractivity contribution in [3.63, 3.8) is 0 Å². The fraction of sp³-hybridized carbons (Fsp3) is 0.227. The van der Waals surface area contributed by atoms with Crippen LogP contribution in [-0.4, -0.2) is 18.6 Å². The topological polar surface area (TPSA) is 43.4 Å². The predicted octanol–water partition coefficient (Wildman–Crippen LogP) is 1.80. The van der Waals surface area contributed by atoms with E-state index in [0.717, 1.165) is 29.7 Å². The lowest BCUT2D eigenvalue weighted by atomic mass is 10.1. The molecule has 0 spiro atoms. The third-order valence-electron chi connectivity index (χ3n) is 4.24. The third kappa shape index (κ3) is 7.20. The van der Waals surface area contributed by atoms with Crippen LogP contribution in [0.15, 0.2) is 60.8 Å². The minimum Gasteiger partial charge on any atom is -1.00 e. The van der Waals surface area contributed by atoms with E-state index in [1.165, 1.54) is 12.1 Å². The highest BCUT2D eigenvalue weighted by atomic mass is 35.5. The Kier molecular flexibility index (Phi) is 9.19. The average molecular weight is 436 g/mol. The normalized spacial score (nSPS) is 10.3. The highest BCUT2D eigenvalue weighted by Crippen LogP contribution is 2.28. The number of methoxy groups -OCH3 is 1. The molecule has 0 unspecified atom stereocenters. The zero-order valence-corrected chi connectivity index (χ0v) is 17.5. The summed E-state index contributed by atoms with van der Waals surface area (Å²) in [4.78, 5) is 4.04. The van der Waals surface area contributed by atoms with Crippen molar-refractivity contribution in [3.05, 3.63) is 88.5 Å². The van der Waals surface area contributed by atoms with Gasteiger partial charge in [-0.3, -0.25) is 0 Å². The van der Waals surface area contributed by atoms with Crippen molar-refractivity contribution in [1.29, 1.82) is 0 Å². The van der Waals surface area contributed by atoms with Crippen LogP contribution >= 0.6 is 11.6 Å². The molecular formula is C22H22Cl2FN2O2-. The van der Waals surface area contributed by atoms with Gasteiger partial charge < -0.3 is 27.2 Å². The van der Waals surface area contributed by atoms with E-state index in [9.17, 15) is 4.39 Å². The third-order valence-corrected chi connectivity index (χ3v) is 4.47. The van der Waals surface area contributed by atoms with Crippen molar-refractivity contribution < 1.29 is 26.3 Å². The monoisotopic (exact) mass is 435 g/mol. The van der Waals surface area contributed by atoms with E-state index in [1.807, 2.05) is 36.4 Å². The van der Waals surface area contributed by atoms with Crippen molar-refractivity contribution in [3.8, 4) is 11.5 Å². The van der Waals surface area contributed by atoms with E-state index in [0.29, 0.717) is 29.8 Å². The molecular weight excluding hydrogens is 414 g/mol. The molecule has 0 aliphatic carbocycles. The SMILES string of the molecule is COc1cc(CNCCc2ccc(F)cc2)ccc1OCc1ccc(Cl)nc1.[Cl-]. The quantitative estimate of drug-likeness (QED) is 0.411. The molecule has 0 saturated heterocycles. The van der Waals surface area contributed by atoms with E-state index in [4.69, 9.17) is 21.1 Å². The highest BCUT2D eigenvalue weighted by Gasteiger charge is 2.07. The Morgan fingerprint density at radius 1 is 0.966 bits per heavy atom. The Morgan fingerprint density at radius 3 is 2.38 bits per heavy atom. The number of nitrogens with one attached hydrogen (secondary N) is 1. The second kappa shape index (κ2) is 11.6. The number of pyridine rings is 1. The number of rotatable bonds is 9. The van der Waals surface area contributed by atoms with Crippen LogP contribution in [0.4, 0.5) is 4.39 Å². The van der Waals surface area contributed by atoms with Gasteiger partial charge in [0, 0.05) is 18.3 Å². The molecule has 29 heavy (non-hydrogen) atoms. The second-order valence-electron chi connectivity index (χ2n) is 6.32. The molecule has 154 valence electrons. The molecule has 0 amide bonds. The van der Waals surface area contributed by atoms with E-state index in [-0.39, 0.29) is 18.2 Å². The molecule has 7 heteroatoms. The van der Waals surface area contributed by atoms with Gasteiger partial charge in [0.25, 0.3) is 0 Å². The van der Waals surface area contributed by atoms with Crippen molar-refractivity contribution in [2.24, 2.45) is 0 Å². The van der Waals surface area contributed by atoms with E-state index >= 15 is 0 Å². The number of ether oxygens (including phenoxy) is 2. The van der Waals surface area contributed by atoms with Crippen LogP contribution < -0.4 is 27.2 Å². The summed E-state index contributed by atoms with van der Waals surface area (Å²) in [5.41, 5.74) is 3.13. The summed E-state index contributed by atoms with van der Waals surface area (Å²) in [7, 11) is 1.62. The van der Waals surface area contributed by atoms with Crippen molar-refractivity contribution in [1.82, 2.24) is 10.3 Å². The molecule has 3 rings (SSSR count). The van der Waals surface area contributed by atoms with Gasteiger partial charge in [-0.25, -0.2) is 9.37 Å². The maximum Gasteiger partial charge on any atom is 0.161 e. The fourth-order valence-corrected chi connectivity index (χ4v) is 2.82. The first-order valence-electron chi connectivity index (χ1n) is 8.99. The van der Waals surface area contributed by atoms with Crippen LogP contribution in [0.3, 0.4) is 0 Å². The molecule has 0 aliphatic heterocycles. The molecule has 0 aliphatic rings. The van der Waals surface area contributed by atoms with Gasteiger partial charge in [0.2, 0.25) is 0 Å². The van der Waals surface area contributed by atoms with Crippen molar-refractivity contribution in [2.45, 2.75) is 19.6 Å². The summed E-state index contributed by atoms with van der Waals surface area (Å²) in [5.74, 6) is 1.14. The van der Waals surface area contributed by atoms with Crippen molar-refractivity contribution >= 4 is 11.6 Å². The first kappa shape index (κ1) is 22.9. The highest BCUT2D eigenvalue weighted by molar-refractivity contribution is 6.29. The first-order valence-corrected chi connectivity index (χ1v) is 9.37. The Bertz CT molecular complexity index is 890. The molecule has 0 bridgehead atoms. The van der Waals surface area contributed by atoms with Crippen molar-refractivity contribution in [2.75, 3.05) is 13.7 Å². The molecule has 4 nitrogen and oxygen atoms in total. The Balaban J connectivity index is 0.00000300. The summed E-state index contributed by atoms with van der Waals surface area (Å²) in [6.45, 7) is 1.89. The van der Waals surface area contributed by atoms with Gasteiger partial charge in [0.1, 0.15) is 17.6 Å². The van der Waals surface area contributed by atoms with E-state index in [2.05, 4.69) is 10.3 Å². The lowest BCUT2D eigenvalue weighted by molar-refractivity contribution is -0.00000685. The zero-order valence-electron chi connectivity index (χ0n) is 16.0. The number of nitrogens with zero attached hydrogens (tertiary/aromatic N) is 1. The lowest BCUT2D eigenvalue weighted by Crippen LogP contribution is -3.00. The average Bonchev–Trinajstić information content (AvgIpc) is 2.72. The van der Waals surface area contributed by atoms with Gasteiger partial charge in [-0.05, 0) is 54.4 Å². The van der Waals surface area contributed by atoms with E-state index in [1.54, 1.807) is 19.4 Å². The molecule has 1 aromatic heterocycles. The first-order chi connectivity index (χ1) is 13.6. The largest absolute Gasteiger partial charge is 1.00 e. The maximum absolute atomic E-state index is 12.9. The summed E-state index contributed by atoms with van der Waals surface area (Å²) < 4.78 is 24.2. The molecule has 0 fully saturated rings. The molecule has 0 saturated carbocycles. The Labute approximate surface area is 181 Å². The maximum atomic E-state index is 12.9. The molecule has 1 heterocycles. The number of hydrogen-bond acceptors (Lipinski definition) is 4. The summed E-state index contributed by atoms with van der Waals surface area (Å²) in [6.07, 6.45) is 2.53. The minimum atomic E-state index is -0.210. The molecule has 0 radical (unpaired) electrons. The molecule has 0 atom stereocenters. The number of halogens is 3. The van der Waals surface area contributed by atoms with Gasteiger partial charge in [-0.1, -0.05) is 35.9 Å². The van der Waals surface area contributed by atoms with E-state index < -0.39 is 0 Å². The van der Waals surface area contributed by atoms with Gasteiger partial charge in [-0.2, -0.15) is 0 Å². The van der Waals surface area contributed by atoms with Crippen LogP contribution in [0.2, 0.25) is 5.15 Å².